The minimum atomic E-state index is -2.05. The molecule has 44 heavy (non-hydrogen) atoms. The molecule has 0 saturated heterocycles. The molecule has 3 N–H and O–H groups in total. The van der Waals surface area contributed by atoms with E-state index in [1.807, 2.05) is 0 Å². The van der Waals surface area contributed by atoms with Gasteiger partial charge in [0.2, 0.25) is 23.0 Å². The summed E-state index contributed by atoms with van der Waals surface area (Å²) in [5.41, 5.74) is -1.91. The standard InChI is InChI=1S/C31H36ClNO11/c1-14-8-18(35)24(29(37)31(14)30(38)25-19(39-3)12-20(40-4)26(32)28(25)44-31)17(11-23(36)33-13-15(2)34)16-9-21(41-5)27(43-7)22(10-16)42-6/h9-10,12,14-15,17,34,37H,8,11,13H2,1-7H3,(H,33,36). The molecule has 12 nitrogen and oxygen atoms in total. The fourth-order valence-corrected chi connectivity index (χ4v) is 6.01. The molecule has 0 bridgehead atoms. The van der Waals surface area contributed by atoms with Crippen LogP contribution in [0, 0.1) is 5.92 Å². The minimum Gasteiger partial charge on any atom is -0.507 e. The number of ketones is 2. The summed E-state index contributed by atoms with van der Waals surface area (Å²) in [4.78, 5) is 41.2. The molecule has 1 aliphatic heterocycles. The van der Waals surface area contributed by atoms with Gasteiger partial charge < -0.3 is 44.0 Å². The Morgan fingerprint density at radius 2 is 1.61 bits per heavy atom. The summed E-state index contributed by atoms with van der Waals surface area (Å²) >= 11 is 6.56. The first-order valence-electron chi connectivity index (χ1n) is 13.8. The lowest BCUT2D eigenvalue weighted by atomic mass is 9.69. The molecule has 0 fully saturated rings. The Bertz CT molecular complexity index is 1490. The minimum absolute atomic E-state index is 0.00865. The van der Waals surface area contributed by atoms with Crippen LogP contribution in [0.1, 0.15) is 48.5 Å². The topological polar surface area (TPSA) is 159 Å². The highest BCUT2D eigenvalue weighted by Gasteiger charge is 2.61. The molecular weight excluding hydrogens is 598 g/mol. The number of carbonyl (C=O) groups is 3. The van der Waals surface area contributed by atoms with Crippen LogP contribution < -0.4 is 33.7 Å². The van der Waals surface area contributed by atoms with Crippen molar-refractivity contribution in [2.24, 2.45) is 5.92 Å². The van der Waals surface area contributed by atoms with Crippen molar-refractivity contribution in [1.82, 2.24) is 5.32 Å². The van der Waals surface area contributed by atoms with Crippen LogP contribution in [0.25, 0.3) is 0 Å². The average Bonchev–Trinajstić information content (AvgIpc) is 3.32. The Balaban J connectivity index is 1.97. The third kappa shape index (κ3) is 5.36. The SMILES string of the molecule is COc1cc(OC)c2c(c1Cl)OC1(C2=O)C(O)=C(C(CC(=O)NCC(C)O)c2cc(OC)c(OC)c(OC)c2)C(=O)CC1C. The number of hydrogen-bond donors (Lipinski definition) is 3. The van der Waals surface area contributed by atoms with Gasteiger partial charge in [-0.05, 0) is 24.6 Å². The maximum Gasteiger partial charge on any atom is 0.231 e. The molecule has 1 spiro atoms. The predicted octanol–water partition coefficient (Wildman–Crippen LogP) is 3.79. The summed E-state index contributed by atoms with van der Waals surface area (Å²) < 4.78 is 33.5. The van der Waals surface area contributed by atoms with Gasteiger partial charge in [0.1, 0.15) is 22.1 Å². The van der Waals surface area contributed by atoms with Crippen molar-refractivity contribution in [2.75, 3.05) is 42.1 Å². The molecule has 0 aromatic heterocycles. The fraction of sp³-hybridized carbons (Fsp3) is 0.452. The van der Waals surface area contributed by atoms with Gasteiger partial charge in [-0.2, -0.15) is 0 Å². The molecule has 13 heteroatoms. The number of carbonyl (C=O) groups excluding carboxylic acids is 3. The number of aliphatic hydroxyl groups is 2. The van der Waals surface area contributed by atoms with Crippen molar-refractivity contribution in [1.29, 1.82) is 0 Å². The molecule has 0 radical (unpaired) electrons. The molecule has 1 heterocycles. The molecule has 1 amide bonds. The third-order valence-corrected chi connectivity index (χ3v) is 8.29. The van der Waals surface area contributed by atoms with Crippen LogP contribution in [0.5, 0.6) is 34.5 Å². The van der Waals surface area contributed by atoms with E-state index in [9.17, 15) is 24.6 Å². The second kappa shape index (κ2) is 12.8. The quantitative estimate of drug-likeness (QED) is 0.330. The zero-order chi connectivity index (χ0) is 32.5. The Morgan fingerprint density at radius 1 is 1.02 bits per heavy atom. The van der Waals surface area contributed by atoms with Crippen molar-refractivity contribution < 1.29 is 53.0 Å². The monoisotopic (exact) mass is 633 g/mol. The predicted molar refractivity (Wildman–Crippen MR) is 159 cm³/mol. The molecule has 2 aromatic rings. The molecule has 4 atom stereocenters. The summed E-state index contributed by atoms with van der Waals surface area (Å²) in [5, 5.41) is 24.4. The first-order valence-corrected chi connectivity index (χ1v) is 14.2. The zero-order valence-corrected chi connectivity index (χ0v) is 26.3. The van der Waals surface area contributed by atoms with E-state index in [1.165, 1.54) is 48.5 Å². The van der Waals surface area contributed by atoms with Crippen LogP contribution in [0.3, 0.4) is 0 Å². The molecule has 0 saturated carbocycles. The maximum absolute atomic E-state index is 14.2. The number of methoxy groups -OCH3 is 5. The molecule has 238 valence electrons. The molecule has 1 aliphatic carbocycles. The van der Waals surface area contributed by atoms with Crippen molar-refractivity contribution in [2.45, 2.75) is 44.3 Å². The van der Waals surface area contributed by atoms with Gasteiger partial charge in [-0.3, -0.25) is 14.4 Å². The second-order valence-corrected chi connectivity index (χ2v) is 11.0. The molecule has 2 aromatic carbocycles. The maximum atomic E-state index is 14.2. The number of Topliss-reactive ketones (excluding diaryl/α,β-unsaturated/α-hetero) is 2. The van der Waals surface area contributed by atoms with Gasteiger partial charge in [0, 0.05) is 42.9 Å². The van der Waals surface area contributed by atoms with Crippen molar-refractivity contribution in [3.05, 3.63) is 45.7 Å². The summed E-state index contributed by atoms with van der Waals surface area (Å²) in [5.74, 6) is -3.29. The molecule has 4 rings (SSSR count). The summed E-state index contributed by atoms with van der Waals surface area (Å²) in [6.07, 6.45) is -1.38. The zero-order valence-electron chi connectivity index (χ0n) is 25.5. The van der Waals surface area contributed by atoms with E-state index in [0.717, 1.165) is 0 Å². The van der Waals surface area contributed by atoms with E-state index in [1.54, 1.807) is 19.1 Å². The number of benzene rings is 2. The van der Waals surface area contributed by atoms with Gasteiger partial charge in [0.15, 0.2) is 28.8 Å². The van der Waals surface area contributed by atoms with E-state index in [-0.39, 0.29) is 70.0 Å². The fourth-order valence-electron chi connectivity index (χ4n) is 5.75. The normalized spacial score (nSPS) is 20.5. The Labute approximate surface area is 259 Å². The molecule has 2 aliphatic rings. The number of amides is 1. The lowest BCUT2D eigenvalue weighted by Gasteiger charge is -2.38. The van der Waals surface area contributed by atoms with Gasteiger partial charge in [-0.1, -0.05) is 18.5 Å². The summed E-state index contributed by atoms with van der Waals surface area (Å²) in [7, 11) is 7.01. The van der Waals surface area contributed by atoms with Gasteiger partial charge in [0.05, 0.1) is 41.7 Å². The van der Waals surface area contributed by atoms with Crippen LogP contribution in [0.4, 0.5) is 0 Å². The van der Waals surface area contributed by atoms with E-state index in [2.05, 4.69) is 5.32 Å². The van der Waals surface area contributed by atoms with Gasteiger partial charge >= 0.3 is 0 Å². The van der Waals surface area contributed by atoms with E-state index in [0.29, 0.717) is 5.56 Å². The summed E-state index contributed by atoms with van der Waals surface area (Å²) in [6.45, 7) is 3.07. The highest BCUT2D eigenvalue weighted by molar-refractivity contribution is 6.35. The van der Waals surface area contributed by atoms with Crippen LogP contribution in [0.15, 0.2) is 29.5 Å². The smallest absolute Gasteiger partial charge is 0.231 e. The first-order chi connectivity index (χ1) is 20.9. The average molecular weight is 634 g/mol. The summed E-state index contributed by atoms with van der Waals surface area (Å²) in [6, 6.07) is 4.55. The van der Waals surface area contributed by atoms with Crippen molar-refractivity contribution >= 4 is 29.1 Å². The number of hydrogen-bond acceptors (Lipinski definition) is 11. The van der Waals surface area contributed by atoms with Gasteiger partial charge in [-0.15, -0.1) is 0 Å². The number of halogens is 1. The highest BCUT2D eigenvalue weighted by atomic mass is 35.5. The number of aliphatic hydroxyl groups excluding tert-OH is 2. The van der Waals surface area contributed by atoms with Gasteiger partial charge in [-0.25, -0.2) is 0 Å². The van der Waals surface area contributed by atoms with E-state index < -0.39 is 46.8 Å². The Morgan fingerprint density at radius 3 is 2.14 bits per heavy atom. The van der Waals surface area contributed by atoms with Crippen LogP contribution in [-0.4, -0.2) is 81.5 Å². The number of ether oxygens (including phenoxy) is 6. The van der Waals surface area contributed by atoms with E-state index >= 15 is 0 Å². The van der Waals surface area contributed by atoms with Crippen molar-refractivity contribution in [3.8, 4) is 34.5 Å². The number of fused-ring (bicyclic) bond motifs is 1. The Kier molecular flexibility index (Phi) is 9.55. The number of rotatable bonds is 11. The largest absolute Gasteiger partial charge is 0.507 e. The lowest BCUT2D eigenvalue weighted by Crippen LogP contribution is -2.53. The molecule has 4 unspecified atom stereocenters. The van der Waals surface area contributed by atoms with Gasteiger partial charge in [0.25, 0.3) is 0 Å². The van der Waals surface area contributed by atoms with Crippen LogP contribution in [-0.2, 0) is 9.59 Å². The third-order valence-electron chi connectivity index (χ3n) is 7.93. The molecular formula is C31H36ClNO11. The second-order valence-electron chi connectivity index (χ2n) is 10.6. The number of allylic oxidation sites excluding steroid dienone is 1. The van der Waals surface area contributed by atoms with Crippen LogP contribution >= 0.6 is 11.6 Å². The lowest BCUT2D eigenvalue weighted by molar-refractivity contribution is -0.122. The highest BCUT2D eigenvalue weighted by Crippen LogP contribution is 2.56. The van der Waals surface area contributed by atoms with E-state index in [4.69, 9.17) is 40.0 Å². The van der Waals surface area contributed by atoms with Crippen molar-refractivity contribution in [3.63, 3.8) is 0 Å². The Hall–Kier alpha value is -4.16. The van der Waals surface area contributed by atoms with Crippen LogP contribution in [0.2, 0.25) is 5.02 Å². The first kappa shape index (κ1) is 32.7. The number of nitrogens with one attached hydrogen (secondary N) is 1.